The van der Waals surface area contributed by atoms with Crippen LogP contribution in [0, 0.1) is 5.82 Å². The molecule has 0 saturated heterocycles. The Labute approximate surface area is 140 Å². The van der Waals surface area contributed by atoms with Crippen LogP contribution in [0.5, 0.6) is 11.5 Å². The van der Waals surface area contributed by atoms with E-state index in [0.717, 1.165) is 0 Å². The van der Waals surface area contributed by atoms with Gasteiger partial charge in [-0.15, -0.1) is 11.6 Å². The Balaban J connectivity index is 2.53. The van der Waals surface area contributed by atoms with Gasteiger partial charge in [0.2, 0.25) is 0 Å². The van der Waals surface area contributed by atoms with Crippen molar-refractivity contribution in [2.75, 3.05) is 14.2 Å². The van der Waals surface area contributed by atoms with Crippen LogP contribution in [0.3, 0.4) is 0 Å². The summed E-state index contributed by atoms with van der Waals surface area (Å²) < 4.78 is 25.2. The third-order valence-corrected chi connectivity index (χ3v) is 4.81. The van der Waals surface area contributed by atoms with Crippen molar-refractivity contribution < 1.29 is 13.9 Å². The lowest BCUT2D eigenvalue weighted by Gasteiger charge is -2.16. The molecule has 0 saturated carbocycles. The van der Waals surface area contributed by atoms with Crippen LogP contribution < -0.4 is 9.47 Å². The molecular weight excluding hydrogens is 382 g/mol. The van der Waals surface area contributed by atoms with Crippen LogP contribution in [-0.2, 0) is 0 Å². The molecule has 0 fully saturated rings. The van der Waals surface area contributed by atoms with Gasteiger partial charge in [-0.05, 0) is 33.6 Å². The fraction of sp³-hybridized carbons (Fsp3) is 0.200. The standard InChI is InChI=1S/C15H12BrCl2FO2/c1-20-12-6-9(11(19)7-13(12)21-2)14(17)8-4-3-5-10(16)15(8)18/h3-7,14H,1-2H3. The van der Waals surface area contributed by atoms with Crippen LogP contribution in [0.2, 0.25) is 5.02 Å². The van der Waals surface area contributed by atoms with Crippen molar-refractivity contribution in [3.63, 3.8) is 0 Å². The zero-order chi connectivity index (χ0) is 15.6. The number of methoxy groups -OCH3 is 2. The molecular formula is C15H12BrCl2FO2. The molecule has 1 atom stereocenters. The summed E-state index contributed by atoms with van der Waals surface area (Å²) in [4.78, 5) is 0. The highest BCUT2D eigenvalue weighted by Gasteiger charge is 2.21. The summed E-state index contributed by atoms with van der Waals surface area (Å²) in [5.74, 6) is 0.234. The van der Waals surface area contributed by atoms with Gasteiger partial charge in [-0.2, -0.15) is 0 Å². The first kappa shape index (κ1) is 16.4. The molecule has 0 bridgehead atoms. The quantitative estimate of drug-likeness (QED) is 0.630. The van der Waals surface area contributed by atoms with E-state index in [-0.39, 0.29) is 5.56 Å². The molecule has 0 aromatic heterocycles. The minimum Gasteiger partial charge on any atom is -0.493 e. The van der Waals surface area contributed by atoms with E-state index in [0.29, 0.717) is 26.6 Å². The van der Waals surface area contributed by atoms with Gasteiger partial charge < -0.3 is 9.47 Å². The average Bonchev–Trinajstić information content (AvgIpc) is 2.49. The SMILES string of the molecule is COc1cc(F)c(C(Cl)c2cccc(Br)c2Cl)cc1OC. The first-order valence-electron chi connectivity index (χ1n) is 5.99. The Kier molecular flexibility index (Phi) is 5.36. The lowest BCUT2D eigenvalue weighted by atomic mass is 10.0. The van der Waals surface area contributed by atoms with Crippen molar-refractivity contribution in [1.82, 2.24) is 0 Å². The summed E-state index contributed by atoms with van der Waals surface area (Å²) >= 11 is 15.9. The van der Waals surface area contributed by atoms with E-state index in [4.69, 9.17) is 32.7 Å². The molecule has 0 spiro atoms. The molecule has 112 valence electrons. The summed E-state index contributed by atoms with van der Waals surface area (Å²) in [6.07, 6.45) is 0. The summed E-state index contributed by atoms with van der Waals surface area (Å²) in [6, 6.07) is 8.10. The minimum atomic E-state index is -0.741. The molecule has 0 aliphatic carbocycles. The van der Waals surface area contributed by atoms with Crippen molar-refractivity contribution in [2.45, 2.75) is 5.38 Å². The number of hydrogen-bond acceptors (Lipinski definition) is 2. The summed E-state index contributed by atoms with van der Waals surface area (Å²) in [5, 5.41) is -0.290. The molecule has 0 radical (unpaired) electrons. The highest BCUT2D eigenvalue weighted by molar-refractivity contribution is 9.10. The van der Waals surface area contributed by atoms with Crippen molar-refractivity contribution in [3.8, 4) is 11.5 Å². The number of benzene rings is 2. The average molecular weight is 394 g/mol. The van der Waals surface area contributed by atoms with Gasteiger partial charge in [0.05, 0.1) is 24.6 Å². The smallest absolute Gasteiger partial charge is 0.163 e. The highest BCUT2D eigenvalue weighted by atomic mass is 79.9. The number of alkyl halides is 1. The molecule has 0 aliphatic heterocycles. The predicted molar refractivity (Wildman–Crippen MR) is 86.4 cm³/mol. The maximum Gasteiger partial charge on any atom is 0.163 e. The van der Waals surface area contributed by atoms with Gasteiger partial charge in [-0.3, -0.25) is 0 Å². The van der Waals surface area contributed by atoms with Gasteiger partial charge in [-0.25, -0.2) is 4.39 Å². The number of rotatable bonds is 4. The fourth-order valence-corrected chi connectivity index (χ4v) is 2.97. The molecule has 2 aromatic rings. The van der Waals surface area contributed by atoms with Gasteiger partial charge in [-0.1, -0.05) is 23.7 Å². The Morgan fingerprint density at radius 1 is 1.10 bits per heavy atom. The van der Waals surface area contributed by atoms with Crippen molar-refractivity contribution >= 4 is 39.1 Å². The fourth-order valence-electron chi connectivity index (χ4n) is 1.95. The minimum absolute atomic E-state index is 0.273. The topological polar surface area (TPSA) is 18.5 Å². The van der Waals surface area contributed by atoms with Gasteiger partial charge in [0.1, 0.15) is 5.82 Å². The van der Waals surface area contributed by atoms with Crippen LogP contribution in [0.15, 0.2) is 34.8 Å². The second-order valence-corrected chi connectivity index (χ2v) is 5.90. The molecule has 0 aliphatic rings. The Hall–Kier alpha value is -0.970. The lowest BCUT2D eigenvalue weighted by molar-refractivity contribution is 0.351. The van der Waals surface area contributed by atoms with E-state index in [1.165, 1.54) is 26.4 Å². The van der Waals surface area contributed by atoms with Gasteiger partial charge >= 0.3 is 0 Å². The van der Waals surface area contributed by atoms with Gasteiger partial charge in [0.25, 0.3) is 0 Å². The molecule has 1 unspecified atom stereocenters. The first-order valence-corrected chi connectivity index (χ1v) is 7.59. The summed E-state index contributed by atoms with van der Waals surface area (Å²) in [7, 11) is 2.93. The van der Waals surface area contributed by atoms with Crippen molar-refractivity contribution in [1.29, 1.82) is 0 Å². The van der Waals surface area contributed by atoms with Crippen LogP contribution in [-0.4, -0.2) is 14.2 Å². The summed E-state index contributed by atoms with van der Waals surface area (Å²) in [6.45, 7) is 0. The van der Waals surface area contributed by atoms with Crippen LogP contribution >= 0.6 is 39.1 Å². The van der Waals surface area contributed by atoms with Gasteiger partial charge in [0.15, 0.2) is 11.5 Å². The number of ether oxygens (including phenoxy) is 2. The van der Waals surface area contributed by atoms with E-state index in [2.05, 4.69) is 15.9 Å². The number of hydrogen-bond donors (Lipinski definition) is 0. The van der Waals surface area contributed by atoms with E-state index in [1.54, 1.807) is 18.2 Å². The first-order chi connectivity index (χ1) is 9.99. The molecule has 0 N–H and O–H groups in total. The van der Waals surface area contributed by atoms with Crippen molar-refractivity contribution in [3.05, 3.63) is 56.8 Å². The van der Waals surface area contributed by atoms with Gasteiger partial charge in [0, 0.05) is 16.1 Å². The monoisotopic (exact) mass is 392 g/mol. The third kappa shape index (κ3) is 3.28. The van der Waals surface area contributed by atoms with E-state index >= 15 is 0 Å². The van der Waals surface area contributed by atoms with E-state index in [9.17, 15) is 4.39 Å². The van der Waals surface area contributed by atoms with Crippen LogP contribution in [0.25, 0.3) is 0 Å². The molecule has 21 heavy (non-hydrogen) atoms. The second kappa shape index (κ2) is 6.86. The van der Waals surface area contributed by atoms with E-state index in [1.807, 2.05) is 0 Å². The molecule has 2 rings (SSSR count). The highest BCUT2D eigenvalue weighted by Crippen LogP contribution is 2.41. The zero-order valence-corrected chi connectivity index (χ0v) is 14.4. The lowest BCUT2D eigenvalue weighted by Crippen LogP contribution is -2.01. The molecule has 2 aromatic carbocycles. The van der Waals surface area contributed by atoms with Crippen molar-refractivity contribution in [2.24, 2.45) is 0 Å². The predicted octanol–water partition coefficient (Wildman–Crippen LogP) is 5.59. The van der Waals surface area contributed by atoms with Crippen LogP contribution in [0.1, 0.15) is 16.5 Å². The maximum absolute atomic E-state index is 14.2. The third-order valence-electron chi connectivity index (χ3n) is 3.03. The maximum atomic E-state index is 14.2. The largest absolute Gasteiger partial charge is 0.493 e. The molecule has 0 heterocycles. The number of halogens is 4. The normalized spacial score (nSPS) is 12.1. The van der Waals surface area contributed by atoms with E-state index < -0.39 is 11.2 Å². The zero-order valence-electron chi connectivity index (χ0n) is 11.3. The molecule has 6 heteroatoms. The Morgan fingerprint density at radius 3 is 2.33 bits per heavy atom. The second-order valence-electron chi connectivity index (χ2n) is 4.23. The van der Waals surface area contributed by atoms with Crippen LogP contribution in [0.4, 0.5) is 4.39 Å². The molecule has 0 amide bonds. The Morgan fingerprint density at radius 2 is 1.71 bits per heavy atom. The summed E-state index contributed by atoms with van der Waals surface area (Å²) in [5.41, 5.74) is 0.883. The molecule has 2 nitrogen and oxygen atoms in total. The Bertz CT molecular complexity index is 664.